The van der Waals surface area contributed by atoms with Crippen molar-refractivity contribution < 1.29 is 0 Å². The first-order valence-corrected chi connectivity index (χ1v) is 13.4. The van der Waals surface area contributed by atoms with Gasteiger partial charge in [0.2, 0.25) is 0 Å². The minimum Gasteiger partial charge on any atom is -0.282 e. The van der Waals surface area contributed by atoms with Gasteiger partial charge >= 0.3 is 0 Å². The molecule has 0 saturated carbocycles. The van der Waals surface area contributed by atoms with E-state index in [1.54, 1.807) is 0 Å². The van der Waals surface area contributed by atoms with Gasteiger partial charge in [-0.15, -0.1) is 0 Å². The molecule has 3 heteroatoms. The summed E-state index contributed by atoms with van der Waals surface area (Å²) in [7, 11) is -0.0250. The van der Waals surface area contributed by atoms with Gasteiger partial charge in [-0.2, -0.15) is 0 Å². The fourth-order valence-corrected chi connectivity index (χ4v) is 7.67. The number of hydrogen-bond acceptors (Lipinski definition) is 2. The first-order valence-electron chi connectivity index (χ1n) is 11.8. The number of hydrogen-bond donors (Lipinski definition) is 0. The Hall–Kier alpha value is -2.31. The van der Waals surface area contributed by atoms with Crippen LogP contribution in [-0.2, 0) is 0 Å². The summed E-state index contributed by atoms with van der Waals surface area (Å²) < 4.78 is 0. The molecule has 32 heavy (non-hydrogen) atoms. The van der Waals surface area contributed by atoms with Crippen molar-refractivity contribution in [1.29, 1.82) is 0 Å². The third-order valence-electron chi connectivity index (χ3n) is 6.45. The van der Waals surface area contributed by atoms with Crippen molar-refractivity contribution in [2.75, 3.05) is 12.7 Å². The zero-order valence-corrected chi connectivity index (χ0v) is 21.4. The minimum absolute atomic E-state index is 0.0250. The highest BCUT2D eigenvalue weighted by Gasteiger charge is 2.27. The van der Waals surface area contributed by atoms with Crippen molar-refractivity contribution in [1.82, 2.24) is 0 Å². The van der Waals surface area contributed by atoms with Crippen molar-refractivity contribution in [3.63, 3.8) is 0 Å². The van der Waals surface area contributed by atoms with Gasteiger partial charge in [-0.25, -0.2) is 4.99 Å². The van der Waals surface area contributed by atoms with Gasteiger partial charge in [-0.05, 0) is 54.8 Å². The van der Waals surface area contributed by atoms with Crippen LogP contribution in [-0.4, -0.2) is 35.4 Å². The summed E-state index contributed by atoms with van der Waals surface area (Å²) in [6, 6.07) is 17.6. The Morgan fingerprint density at radius 3 is 1.91 bits per heavy atom. The van der Waals surface area contributed by atoms with Gasteiger partial charge in [0, 0.05) is 23.1 Å². The van der Waals surface area contributed by atoms with Crippen molar-refractivity contribution >= 4 is 35.8 Å². The normalized spacial score (nSPS) is 15.9. The molecule has 0 spiro atoms. The van der Waals surface area contributed by atoms with E-state index in [0.29, 0.717) is 0 Å². The molecule has 0 aromatic heterocycles. The Balaban J connectivity index is 1.83. The van der Waals surface area contributed by atoms with Crippen LogP contribution in [0.5, 0.6) is 0 Å². The highest BCUT2D eigenvalue weighted by atomic mass is 31.1. The first kappa shape index (κ1) is 22.9. The molecule has 1 aliphatic rings. The molecule has 0 saturated heterocycles. The SMILES string of the molecule is Cc1cc(C)c(/N=C2/C(=N/CCP(C(C)C)C(C)C)c3cccc4cccc2c34)c(C)c1. The highest BCUT2D eigenvalue weighted by molar-refractivity contribution is 7.59. The van der Waals surface area contributed by atoms with Crippen LogP contribution in [0.4, 0.5) is 5.69 Å². The van der Waals surface area contributed by atoms with E-state index >= 15 is 0 Å². The van der Waals surface area contributed by atoms with Gasteiger partial charge in [-0.1, -0.05) is 89.7 Å². The fourth-order valence-electron chi connectivity index (χ4n) is 5.11. The minimum atomic E-state index is -0.0250. The summed E-state index contributed by atoms with van der Waals surface area (Å²) in [5, 5.41) is 2.56. The molecular formula is C29H35N2P. The second kappa shape index (κ2) is 9.28. The summed E-state index contributed by atoms with van der Waals surface area (Å²) in [4.78, 5) is 10.5. The van der Waals surface area contributed by atoms with Gasteiger partial charge in [0.05, 0.1) is 17.1 Å². The number of nitrogens with zero attached hydrogens (tertiary/aromatic N) is 2. The summed E-state index contributed by atoms with van der Waals surface area (Å²) in [6.07, 6.45) is 1.18. The fraction of sp³-hybridized carbons (Fsp3) is 0.379. The molecule has 0 N–H and O–H groups in total. The molecule has 4 rings (SSSR count). The molecule has 3 aromatic carbocycles. The van der Waals surface area contributed by atoms with Crippen LogP contribution in [0.3, 0.4) is 0 Å². The lowest BCUT2D eigenvalue weighted by molar-refractivity contribution is 0.984. The Morgan fingerprint density at radius 2 is 1.34 bits per heavy atom. The van der Waals surface area contributed by atoms with Crippen molar-refractivity contribution in [3.05, 3.63) is 76.3 Å². The Morgan fingerprint density at radius 1 is 0.781 bits per heavy atom. The van der Waals surface area contributed by atoms with E-state index in [2.05, 4.69) is 97.0 Å². The number of aryl methyl sites for hydroxylation is 3. The summed E-state index contributed by atoms with van der Waals surface area (Å²) in [6.45, 7) is 16.8. The first-order chi connectivity index (χ1) is 15.3. The van der Waals surface area contributed by atoms with Crippen molar-refractivity contribution in [3.8, 4) is 0 Å². The second-order valence-corrected chi connectivity index (χ2v) is 13.1. The molecule has 0 aliphatic heterocycles. The average molecular weight is 443 g/mol. The molecule has 0 radical (unpaired) electrons. The Labute approximate surface area is 194 Å². The predicted octanol–water partition coefficient (Wildman–Crippen LogP) is 7.99. The zero-order valence-electron chi connectivity index (χ0n) is 20.5. The van der Waals surface area contributed by atoms with Crippen LogP contribution < -0.4 is 0 Å². The van der Waals surface area contributed by atoms with E-state index in [1.807, 2.05) is 0 Å². The van der Waals surface area contributed by atoms with E-state index in [-0.39, 0.29) is 7.92 Å². The molecule has 0 unspecified atom stereocenters. The Bertz CT molecular complexity index is 1180. The molecule has 1 aliphatic carbocycles. The maximum Gasteiger partial charge on any atom is 0.0974 e. The van der Waals surface area contributed by atoms with Crippen LogP contribution in [0.25, 0.3) is 10.8 Å². The van der Waals surface area contributed by atoms with E-state index in [9.17, 15) is 0 Å². The summed E-state index contributed by atoms with van der Waals surface area (Å²) in [5.41, 5.74) is 10.8. The molecule has 0 bridgehead atoms. The van der Waals surface area contributed by atoms with Crippen LogP contribution in [0.2, 0.25) is 0 Å². The van der Waals surface area contributed by atoms with Crippen LogP contribution >= 0.6 is 7.92 Å². The lowest BCUT2D eigenvalue weighted by Gasteiger charge is -2.25. The topological polar surface area (TPSA) is 24.7 Å². The van der Waals surface area contributed by atoms with Crippen molar-refractivity contribution in [2.24, 2.45) is 9.98 Å². The van der Waals surface area contributed by atoms with Gasteiger partial charge < -0.3 is 0 Å². The van der Waals surface area contributed by atoms with Crippen LogP contribution in [0, 0.1) is 20.8 Å². The monoisotopic (exact) mass is 442 g/mol. The third kappa shape index (κ3) is 4.30. The highest BCUT2D eigenvalue weighted by Crippen LogP contribution is 2.45. The van der Waals surface area contributed by atoms with Crippen LogP contribution in [0.1, 0.15) is 55.5 Å². The number of rotatable bonds is 6. The maximum atomic E-state index is 5.28. The summed E-state index contributed by atoms with van der Waals surface area (Å²) in [5.74, 6) is 0. The zero-order chi connectivity index (χ0) is 23.0. The number of benzene rings is 3. The average Bonchev–Trinajstić information content (AvgIpc) is 3.02. The van der Waals surface area contributed by atoms with Gasteiger partial charge in [0.15, 0.2) is 0 Å². The molecule has 2 nitrogen and oxygen atoms in total. The van der Waals surface area contributed by atoms with Crippen LogP contribution in [0.15, 0.2) is 58.5 Å². The third-order valence-corrected chi connectivity index (χ3v) is 9.82. The smallest absolute Gasteiger partial charge is 0.0974 e. The van der Waals surface area contributed by atoms with E-state index < -0.39 is 0 Å². The predicted molar refractivity (Wildman–Crippen MR) is 144 cm³/mol. The maximum absolute atomic E-state index is 5.28. The molecule has 0 fully saturated rings. The van der Waals surface area contributed by atoms with E-state index in [4.69, 9.17) is 9.98 Å². The number of aliphatic imine (C=N–C) groups is 2. The van der Waals surface area contributed by atoms with Crippen molar-refractivity contribution in [2.45, 2.75) is 59.8 Å². The molecule has 166 valence electrons. The molecular weight excluding hydrogens is 407 g/mol. The van der Waals surface area contributed by atoms with Gasteiger partial charge in [0.1, 0.15) is 0 Å². The van der Waals surface area contributed by atoms with E-state index in [1.165, 1.54) is 44.8 Å². The summed E-state index contributed by atoms with van der Waals surface area (Å²) >= 11 is 0. The molecule has 0 heterocycles. The Kier molecular flexibility index (Phi) is 6.63. The van der Waals surface area contributed by atoms with E-state index in [0.717, 1.165) is 35.0 Å². The van der Waals surface area contributed by atoms with Gasteiger partial charge in [-0.3, -0.25) is 4.99 Å². The quantitative estimate of drug-likeness (QED) is 0.346. The lowest BCUT2D eigenvalue weighted by Crippen LogP contribution is -2.14. The largest absolute Gasteiger partial charge is 0.282 e. The standard InChI is InChI=1S/C29H35N2P/c1-18(2)32(19(3)4)15-14-30-28-24-12-8-10-23-11-9-13-25(26(23)24)29(28)31-27-21(6)16-20(5)17-22(27)7/h8-13,16-19H,14-15H2,1-7H3/b30-28+,31-29+. The molecule has 0 amide bonds. The second-order valence-electron chi connectivity index (χ2n) is 9.57. The molecule has 0 atom stereocenters. The molecule has 3 aromatic rings. The van der Waals surface area contributed by atoms with Gasteiger partial charge in [0.25, 0.3) is 0 Å². The lowest BCUT2D eigenvalue weighted by atomic mass is 10.0.